The van der Waals surface area contributed by atoms with Crippen molar-refractivity contribution in [1.82, 2.24) is 4.47 Å². The lowest BCUT2D eigenvalue weighted by molar-refractivity contribution is -0.108. The van der Waals surface area contributed by atoms with Crippen LogP contribution < -0.4 is 5.14 Å². The van der Waals surface area contributed by atoms with Crippen molar-refractivity contribution in [1.29, 1.82) is 0 Å². The minimum absolute atomic E-state index is 0.374. The van der Waals surface area contributed by atoms with Crippen molar-refractivity contribution in [2.45, 2.75) is 12.8 Å². The molecule has 1 aliphatic rings. The summed E-state index contributed by atoms with van der Waals surface area (Å²) in [7, 11) is -3.61. The van der Waals surface area contributed by atoms with E-state index in [0.29, 0.717) is 13.2 Å². The monoisotopic (exact) mass is 166 g/mol. The standard InChI is InChI=1S/C4H10N2O3S/c5-10(7,8)6-3-1-2-4-9-6/h1-4H2,(H2,5,7,8). The van der Waals surface area contributed by atoms with Crippen molar-refractivity contribution < 1.29 is 13.3 Å². The van der Waals surface area contributed by atoms with E-state index in [-0.39, 0.29) is 0 Å². The van der Waals surface area contributed by atoms with E-state index in [9.17, 15) is 8.42 Å². The molecule has 1 aliphatic heterocycles. The molecule has 0 amide bonds. The molecule has 1 saturated heterocycles. The molecule has 2 N–H and O–H groups in total. The van der Waals surface area contributed by atoms with Crippen LogP contribution >= 0.6 is 0 Å². The first-order chi connectivity index (χ1) is 4.61. The maximum Gasteiger partial charge on any atom is 0.299 e. The molecule has 0 bridgehead atoms. The van der Waals surface area contributed by atoms with Gasteiger partial charge in [-0.05, 0) is 12.8 Å². The normalized spacial score (nSPS) is 22.9. The maximum absolute atomic E-state index is 10.6. The van der Waals surface area contributed by atoms with Gasteiger partial charge in [-0.1, -0.05) is 4.47 Å². The zero-order valence-electron chi connectivity index (χ0n) is 5.49. The van der Waals surface area contributed by atoms with E-state index in [1.807, 2.05) is 0 Å². The molecule has 1 heterocycles. The minimum Gasteiger partial charge on any atom is -0.283 e. The van der Waals surface area contributed by atoms with Gasteiger partial charge in [0.05, 0.1) is 6.61 Å². The third-order valence-corrected chi connectivity index (χ3v) is 2.11. The van der Waals surface area contributed by atoms with Gasteiger partial charge in [-0.15, -0.1) is 0 Å². The Hall–Kier alpha value is -0.170. The van der Waals surface area contributed by atoms with E-state index < -0.39 is 10.2 Å². The van der Waals surface area contributed by atoms with Gasteiger partial charge in [-0.2, -0.15) is 8.42 Å². The summed E-state index contributed by atoms with van der Waals surface area (Å²) in [5.74, 6) is 0. The lowest BCUT2D eigenvalue weighted by atomic mass is 10.3. The van der Waals surface area contributed by atoms with Crippen LogP contribution in [0, 0.1) is 0 Å². The Kier molecular flexibility index (Phi) is 2.24. The molecule has 0 radical (unpaired) electrons. The van der Waals surface area contributed by atoms with Gasteiger partial charge in [0.2, 0.25) is 0 Å². The van der Waals surface area contributed by atoms with Gasteiger partial charge in [0.1, 0.15) is 0 Å². The quantitative estimate of drug-likeness (QED) is 0.555. The second kappa shape index (κ2) is 2.83. The van der Waals surface area contributed by atoms with Crippen molar-refractivity contribution in [3.05, 3.63) is 0 Å². The van der Waals surface area contributed by atoms with E-state index in [2.05, 4.69) is 0 Å². The van der Waals surface area contributed by atoms with Gasteiger partial charge < -0.3 is 0 Å². The molecule has 0 spiro atoms. The van der Waals surface area contributed by atoms with Crippen LogP contribution in [0.15, 0.2) is 0 Å². The molecule has 60 valence electrons. The average molecular weight is 166 g/mol. The minimum atomic E-state index is -3.61. The summed E-state index contributed by atoms with van der Waals surface area (Å²) in [6.07, 6.45) is 1.71. The number of nitrogens with zero attached hydrogens (tertiary/aromatic N) is 1. The molecular formula is C4H10N2O3S. The van der Waals surface area contributed by atoms with E-state index in [1.54, 1.807) is 0 Å². The Balaban J connectivity index is 2.56. The first kappa shape index (κ1) is 7.93. The molecule has 0 aromatic rings. The molecule has 0 aliphatic carbocycles. The summed E-state index contributed by atoms with van der Waals surface area (Å²) in [4.78, 5) is 4.76. The highest BCUT2D eigenvalue weighted by molar-refractivity contribution is 7.86. The van der Waals surface area contributed by atoms with Crippen molar-refractivity contribution in [3.63, 3.8) is 0 Å². The van der Waals surface area contributed by atoms with Crippen LogP contribution in [0.3, 0.4) is 0 Å². The van der Waals surface area contributed by atoms with Crippen molar-refractivity contribution >= 4 is 10.2 Å². The van der Waals surface area contributed by atoms with Gasteiger partial charge in [0.25, 0.3) is 10.2 Å². The zero-order valence-corrected chi connectivity index (χ0v) is 6.30. The Bertz CT molecular complexity index is 195. The first-order valence-corrected chi connectivity index (χ1v) is 4.54. The molecule has 6 heteroatoms. The molecule has 5 nitrogen and oxygen atoms in total. The van der Waals surface area contributed by atoms with Crippen LogP contribution in [0.2, 0.25) is 0 Å². The number of hydrogen-bond donors (Lipinski definition) is 1. The molecule has 1 rings (SSSR count). The number of hydrogen-bond acceptors (Lipinski definition) is 3. The van der Waals surface area contributed by atoms with Crippen LogP contribution in [0.5, 0.6) is 0 Å². The van der Waals surface area contributed by atoms with Gasteiger partial charge in [0.15, 0.2) is 0 Å². The SMILES string of the molecule is NS(=O)(=O)N1CCCCO1. The van der Waals surface area contributed by atoms with Crippen LogP contribution in [0.1, 0.15) is 12.8 Å². The van der Waals surface area contributed by atoms with Crippen LogP contribution in [0.25, 0.3) is 0 Å². The molecule has 0 saturated carbocycles. The summed E-state index contributed by atoms with van der Waals surface area (Å²) in [6, 6.07) is 0. The molecule has 10 heavy (non-hydrogen) atoms. The third-order valence-electron chi connectivity index (χ3n) is 1.25. The topological polar surface area (TPSA) is 72.6 Å². The fourth-order valence-electron chi connectivity index (χ4n) is 0.775. The van der Waals surface area contributed by atoms with Crippen LogP contribution in [-0.2, 0) is 15.0 Å². The van der Waals surface area contributed by atoms with E-state index in [1.165, 1.54) is 0 Å². The number of rotatable bonds is 1. The highest BCUT2D eigenvalue weighted by Gasteiger charge is 2.20. The molecule has 0 unspecified atom stereocenters. The molecular weight excluding hydrogens is 156 g/mol. The smallest absolute Gasteiger partial charge is 0.283 e. The summed E-state index contributed by atoms with van der Waals surface area (Å²) in [5, 5.41) is 4.78. The zero-order chi connectivity index (χ0) is 7.61. The Morgan fingerprint density at radius 2 is 2.10 bits per heavy atom. The lowest BCUT2D eigenvalue weighted by Crippen LogP contribution is -2.40. The van der Waals surface area contributed by atoms with E-state index in [0.717, 1.165) is 17.3 Å². The Labute approximate surface area is 59.9 Å². The summed E-state index contributed by atoms with van der Waals surface area (Å²) >= 11 is 0. The van der Waals surface area contributed by atoms with Gasteiger partial charge in [-0.25, -0.2) is 5.14 Å². The number of hydroxylamine groups is 1. The van der Waals surface area contributed by atoms with E-state index >= 15 is 0 Å². The van der Waals surface area contributed by atoms with Gasteiger partial charge >= 0.3 is 0 Å². The second-order valence-electron chi connectivity index (χ2n) is 2.11. The summed E-state index contributed by atoms with van der Waals surface area (Å²) in [6.45, 7) is 0.815. The Morgan fingerprint density at radius 3 is 2.40 bits per heavy atom. The van der Waals surface area contributed by atoms with Crippen LogP contribution in [0.4, 0.5) is 0 Å². The fourth-order valence-corrected chi connectivity index (χ4v) is 1.38. The Morgan fingerprint density at radius 1 is 1.40 bits per heavy atom. The highest BCUT2D eigenvalue weighted by Crippen LogP contribution is 2.07. The molecule has 0 aromatic carbocycles. The predicted octanol–water partition coefficient (Wildman–Crippen LogP) is -0.783. The second-order valence-corrected chi connectivity index (χ2v) is 3.55. The third kappa shape index (κ3) is 1.91. The molecule has 0 aromatic heterocycles. The van der Waals surface area contributed by atoms with Gasteiger partial charge in [-0.3, -0.25) is 4.84 Å². The van der Waals surface area contributed by atoms with Crippen LogP contribution in [-0.4, -0.2) is 26.0 Å². The average Bonchev–Trinajstić information content (AvgIpc) is 1.88. The largest absolute Gasteiger partial charge is 0.299 e. The van der Waals surface area contributed by atoms with Crippen molar-refractivity contribution in [2.24, 2.45) is 5.14 Å². The fraction of sp³-hybridized carbons (Fsp3) is 1.00. The maximum atomic E-state index is 10.6. The van der Waals surface area contributed by atoms with Gasteiger partial charge in [0, 0.05) is 6.54 Å². The lowest BCUT2D eigenvalue weighted by Gasteiger charge is -2.22. The first-order valence-electron chi connectivity index (χ1n) is 3.04. The molecule has 1 fully saturated rings. The summed E-state index contributed by atoms with van der Waals surface area (Å²) in [5.41, 5.74) is 0. The van der Waals surface area contributed by atoms with Crippen molar-refractivity contribution in [2.75, 3.05) is 13.2 Å². The summed E-state index contributed by atoms with van der Waals surface area (Å²) < 4.78 is 22.0. The van der Waals surface area contributed by atoms with E-state index in [4.69, 9.17) is 9.98 Å². The predicted molar refractivity (Wildman–Crippen MR) is 35.0 cm³/mol. The number of nitrogens with two attached hydrogens (primary N) is 1. The highest BCUT2D eigenvalue weighted by atomic mass is 32.2. The van der Waals surface area contributed by atoms with Crippen molar-refractivity contribution in [3.8, 4) is 0 Å². The molecule has 0 atom stereocenters.